The quantitative estimate of drug-likeness (QED) is 0.787. The van der Waals surface area contributed by atoms with Gasteiger partial charge >= 0.3 is 0 Å². The molecule has 5 nitrogen and oxygen atoms in total. The van der Waals surface area contributed by atoms with Gasteiger partial charge in [-0.15, -0.1) is 11.3 Å². The number of aliphatic hydroxyl groups excluding tert-OH is 1. The Balaban J connectivity index is 2.15. The molecule has 0 aromatic carbocycles. The van der Waals surface area contributed by atoms with Crippen molar-refractivity contribution in [3.8, 4) is 0 Å². The molecule has 0 aliphatic carbocycles. The molecule has 0 fully saturated rings. The van der Waals surface area contributed by atoms with Gasteiger partial charge < -0.3 is 16.2 Å². The second-order valence-electron chi connectivity index (χ2n) is 4.76. The number of nitrogens with two attached hydrogens (primary N) is 1. The summed E-state index contributed by atoms with van der Waals surface area (Å²) in [5.41, 5.74) is 7.57. The van der Waals surface area contributed by atoms with Crippen LogP contribution in [0.2, 0.25) is 0 Å². The summed E-state index contributed by atoms with van der Waals surface area (Å²) >= 11 is 1.30. The van der Waals surface area contributed by atoms with Crippen molar-refractivity contribution in [2.24, 2.45) is 0 Å². The summed E-state index contributed by atoms with van der Waals surface area (Å²) in [4.78, 5) is 17.6. The van der Waals surface area contributed by atoms with E-state index in [0.717, 1.165) is 15.8 Å². The van der Waals surface area contributed by atoms with Crippen molar-refractivity contribution < 1.29 is 9.90 Å². The number of anilines is 1. The van der Waals surface area contributed by atoms with Crippen LogP contribution in [0.3, 0.4) is 0 Å². The van der Waals surface area contributed by atoms with Crippen LogP contribution in [-0.2, 0) is 0 Å². The average molecular weight is 293 g/mol. The lowest BCUT2D eigenvalue weighted by atomic mass is 10.1. The number of nitrogens with zero attached hydrogens (tertiary/aromatic N) is 1. The van der Waals surface area contributed by atoms with E-state index in [4.69, 9.17) is 5.73 Å². The summed E-state index contributed by atoms with van der Waals surface area (Å²) in [6.45, 7) is 4.30. The number of aromatic nitrogens is 1. The van der Waals surface area contributed by atoms with Crippen molar-refractivity contribution in [1.29, 1.82) is 0 Å². The van der Waals surface area contributed by atoms with E-state index in [1.165, 1.54) is 11.3 Å². The zero-order chi connectivity index (χ0) is 14.7. The van der Waals surface area contributed by atoms with Crippen molar-refractivity contribution in [3.63, 3.8) is 0 Å². The van der Waals surface area contributed by atoms with Gasteiger partial charge in [0.1, 0.15) is 9.71 Å². The van der Waals surface area contributed by atoms with Crippen LogP contribution in [0.1, 0.15) is 35.0 Å². The van der Waals surface area contributed by atoms with E-state index >= 15 is 0 Å². The number of rotatable bonds is 5. The van der Waals surface area contributed by atoms with Gasteiger partial charge in [-0.2, -0.15) is 0 Å². The number of thiophene rings is 1. The van der Waals surface area contributed by atoms with Gasteiger partial charge in [0, 0.05) is 18.1 Å². The maximum absolute atomic E-state index is 12.1. The normalized spacial score (nSPS) is 12.6. The number of aliphatic hydroxyl groups is 1. The Bertz CT molecular complexity index is 624. The standard InChI is InChI=1S/C14H19N3O2S/c1-3-9(18)5-7-16-13(19)12-11(15)10-8(2)4-6-17-14(10)20-12/h4,6,9,18H,3,5,7,15H2,1-2H3,(H,16,19). The highest BCUT2D eigenvalue weighted by molar-refractivity contribution is 7.21. The zero-order valence-corrected chi connectivity index (χ0v) is 12.5. The lowest BCUT2D eigenvalue weighted by Crippen LogP contribution is -2.26. The van der Waals surface area contributed by atoms with Crippen molar-refractivity contribution in [2.75, 3.05) is 12.3 Å². The maximum atomic E-state index is 12.1. The molecule has 20 heavy (non-hydrogen) atoms. The first-order valence-corrected chi connectivity index (χ1v) is 7.46. The molecule has 1 atom stereocenters. The van der Waals surface area contributed by atoms with E-state index in [0.29, 0.717) is 30.0 Å². The Kier molecular flexibility index (Phi) is 4.57. The van der Waals surface area contributed by atoms with Crippen molar-refractivity contribution in [3.05, 3.63) is 22.7 Å². The largest absolute Gasteiger partial charge is 0.397 e. The minimum atomic E-state index is -0.376. The number of hydrogen-bond donors (Lipinski definition) is 3. The fraction of sp³-hybridized carbons (Fsp3) is 0.429. The van der Waals surface area contributed by atoms with Crippen molar-refractivity contribution in [2.45, 2.75) is 32.8 Å². The van der Waals surface area contributed by atoms with E-state index in [1.807, 2.05) is 19.9 Å². The summed E-state index contributed by atoms with van der Waals surface area (Å²) in [5, 5.41) is 13.1. The molecule has 1 unspecified atom stereocenters. The average Bonchev–Trinajstić information content (AvgIpc) is 2.77. The van der Waals surface area contributed by atoms with Gasteiger partial charge in [-0.3, -0.25) is 4.79 Å². The maximum Gasteiger partial charge on any atom is 0.263 e. The Morgan fingerprint density at radius 2 is 2.35 bits per heavy atom. The minimum Gasteiger partial charge on any atom is -0.397 e. The SMILES string of the molecule is CCC(O)CCNC(=O)c1sc2nccc(C)c2c1N. The number of nitrogens with one attached hydrogen (secondary N) is 1. The topological polar surface area (TPSA) is 88.2 Å². The van der Waals surface area contributed by atoms with Gasteiger partial charge in [0.2, 0.25) is 0 Å². The number of carbonyl (C=O) groups excluding carboxylic acids is 1. The Labute approximate surface area is 121 Å². The van der Waals surface area contributed by atoms with Gasteiger partial charge in [-0.25, -0.2) is 4.98 Å². The van der Waals surface area contributed by atoms with Crippen molar-refractivity contribution in [1.82, 2.24) is 10.3 Å². The van der Waals surface area contributed by atoms with E-state index in [2.05, 4.69) is 10.3 Å². The monoisotopic (exact) mass is 293 g/mol. The fourth-order valence-corrected chi connectivity index (χ4v) is 3.07. The first-order chi connectivity index (χ1) is 9.54. The molecule has 0 saturated heterocycles. The lowest BCUT2D eigenvalue weighted by molar-refractivity contribution is 0.0947. The molecule has 0 spiro atoms. The highest BCUT2D eigenvalue weighted by atomic mass is 32.1. The van der Waals surface area contributed by atoms with Crippen LogP contribution in [0, 0.1) is 6.92 Å². The predicted molar refractivity (Wildman–Crippen MR) is 82.0 cm³/mol. The first-order valence-electron chi connectivity index (χ1n) is 6.64. The molecule has 0 saturated carbocycles. The number of fused-ring (bicyclic) bond motifs is 1. The number of pyridine rings is 1. The number of amides is 1. The number of hydrogen-bond acceptors (Lipinski definition) is 5. The minimum absolute atomic E-state index is 0.201. The molecule has 2 aromatic rings. The molecular formula is C14H19N3O2S. The Morgan fingerprint density at radius 1 is 1.60 bits per heavy atom. The zero-order valence-electron chi connectivity index (χ0n) is 11.6. The molecule has 2 heterocycles. The van der Waals surface area contributed by atoms with Gasteiger partial charge in [-0.1, -0.05) is 6.92 Å². The molecule has 0 bridgehead atoms. The number of aryl methyl sites for hydroxylation is 1. The summed E-state index contributed by atoms with van der Waals surface area (Å²) in [7, 11) is 0. The Hall–Kier alpha value is -1.66. The third-order valence-electron chi connectivity index (χ3n) is 3.28. The van der Waals surface area contributed by atoms with E-state index < -0.39 is 0 Å². The molecule has 108 valence electrons. The number of nitrogen functional groups attached to an aromatic ring is 1. The lowest BCUT2D eigenvalue weighted by Gasteiger charge is -2.08. The highest BCUT2D eigenvalue weighted by Crippen LogP contribution is 2.34. The fourth-order valence-electron chi connectivity index (χ4n) is 2.01. The Morgan fingerprint density at radius 3 is 3.00 bits per heavy atom. The van der Waals surface area contributed by atoms with Gasteiger partial charge in [-0.05, 0) is 31.4 Å². The van der Waals surface area contributed by atoms with Crippen LogP contribution in [-0.4, -0.2) is 28.6 Å². The van der Waals surface area contributed by atoms with Crippen LogP contribution in [0.25, 0.3) is 10.2 Å². The van der Waals surface area contributed by atoms with Crippen LogP contribution in [0.15, 0.2) is 12.3 Å². The van der Waals surface area contributed by atoms with E-state index in [1.54, 1.807) is 6.20 Å². The van der Waals surface area contributed by atoms with Crippen molar-refractivity contribution >= 4 is 33.1 Å². The predicted octanol–water partition coefficient (Wildman–Crippen LogP) is 2.08. The van der Waals surface area contributed by atoms with Crippen LogP contribution in [0.4, 0.5) is 5.69 Å². The first kappa shape index (κ1) is 14.7. The molecule has 0 aliphatic heterocycles. The third kappa shape index (κ3) is 2.91. The summed E-state index contributed by atoms with van der Waals surface area (Å²) in [5.74, 6) is -0.201. The molecular weight excluding hydrogens is 274 g/mol. The highest BCUT2D eigenvalue weighted by Gasteiger charge is 2.18. The van der Waals surface area contributed by atoms with Gasteiger partial charge in [0.25, 0.3) is 5.91 Å². The molecule has 2 rings (SSSR count). The van der Waals surface area contributed by atoms with Crippen LogP contribution < -0.4 is 11.1 Å². The number of carbonyl (C=O) groups is 1. The van der Waals surface area contributed by atoms with Crippen LogP contribution in [0.5, 0.6) is 0 Å². The van der Waals surface area contributed by atoms with Gasteiger partial charge in [0.05, 0.1) is 11.8 Å². The third-order valence-corrected chi connectivity index (χ3v) is 4.39. The summed E-state index contributed by atoms with van der Waals surface area (Å²) < 4.78 is 0. The molecule has 0 aliphatic rings. The van der Waals surface area contributed by atoms with Gasteiger partial charge in [0.15, 0.2) is 0 Å². The molecule has 0 radical (unpaired) electrons. The molecule has 2 aromatic heterocycles. The smallest absolute Gasteiger partial charge is 0.263 e. The second-order valence-corrected chi connectivity index (χ2v) is 5.76. The summed E-state index contributed by atoms with van der Waals surface area (Å²) in [6.07, 6.45) is 2.57. The van der Waals surface area contributed by atoms with E-state index in [9.17, 15) is 9.90 Å². The van der Waals surface area contributed by atoms with E-state index in [-0.39, 0.29) is 12.0 Å². The summed E-state index contributed by atoms with van der Waals surface area (Å²) in [6, 6.07) is 1.88. The molecule has 1 amide bonds. The molecule has 4 N–H and O–H groups in total. The molecule has 6 heteroatoms. The van der Waals surface area contributed by atoms with Crippen LogP contribution >= 0.6 is 11.3 Å². The second kappa shape index (κ2) is 6.19.